The molecule has 1 aliphatic rings. The van der Waals surface area contributed by atoms with Gasteiger partial charge in [0.15, 0.2) is 0 Å². The maximum Gasteiger partial charge on any atom is 0.240 e. The van der Waals surface area contributed by atoms with Gasteiger partial charge in [-0.3, -0.25) is 4.79 Å². The monoisotopic (exact) mass is 172 g/mol. The number of aliphatic hydroxyl groups excluding tert-OH is 1. The summed E-state index contributed by atoms with van der Waals surface area (Å²) in [6.07, 6.45) is 2.15. The summed E-state index contributed by atoms with van der Waals surface area (Å²) in [6.45, 7) is 1.96. The first-order chi connectivity index (χ1) is 5.58. The number of nitrogens with two attached hydrogens (primary N) is 1. The van der Waals surface area contributed by atoms with Crippen LogP contribution in [0.1, 0.15) is 26.2 Å². The fourth-order valence-corrected chi connectivity index (χ4v) is 0.995. The predicted octanol–water partition coefficient (Wildman–Crippen LogP) is -0.635. The lowest BCUT2D eigenvalue weighted by Gasteiger charge is -2.15. The van der Waals surface area contributed by atoms with Gasteiger partial charge in [-0.25, -0.2) is 0 Å². The first kappa shape index (κ1) is 9.48. The summed E-state index contributed by atoms with van der Waals surface area (Å²) >= 11 is 0. The molecule has 1 aliphatic carbocycles. The summed E-state index contributed by atoms with van der Waals surface area (Å²) in [7, 11) is 0. The molecule has 0 aromatic carbocycles. The molecule has 0 saturated heterocycles. The maximum absolute atomic E-state index is 11.3. The Balaban J connectivity index is 2.26. The second kappa shape index (κ2) is 3.41. The largest absolute Gasteiger partial charge is 0.396 e. The SMILES string of the molecule is CC(CCO)NC(=O)C1(N)CC1. The van der Waals surface area contributed by atoms with E-state index in [4.69, 9.17) is 10.8 Å². The fourth-order valence-electron chi connectivity index (χ4n) is 0.995. The van der Waals surface area contributed by atoms with Crippen molar-refractivity contribution in [2.24, 2.45) is 5.73 Å². The molecule has 1 atom stereocenters. The fraction of sp³-hybridized carbons (Fsp3) is 0.875. The minimum Gasteiger partial charge on any atom is -0.396 e. The summed E-state index contributed by atoms with van der Waals surface area (Å²) in [4.78, 5) is 11.3. The Hall–Kier alpha value is -0.610. The zero-order valence-corrected chi connectivity index (χ0v) is 7.34. The van der Waals surface area contributed by atoms with Gasteiger partial charge in [0, 0.05) is 12.6 Å². The van der Waals surface area contributed by atoms with Crippen molar-refractivity contribution in [2.75, 3.05) is 6.61 Å². The summed E-state index contributed by atoms with van der Waals surface area (Å²) in [6, 6.07) is 0.0172. The van der Waals surface area contributed by atoms with E-state index in [2.05, 4.69) is 5.32 Å². The Bertz CT molecular complexity index is 178. The van der Waals surface area contributed by atoms with E-state index < -0.39 is 5.54 Å². The molecule has 0 bridgehead atoms. The van der Waals surface area contributed by atoms with Gasteiger partial charge in [-0.05, 0) is 26.2 Å². The molecule has 4 heteroatoms. The topological polar surface area (TPSA) is 75.3 Å². The number of hydrogen-bond donors (Lipinski definition) is 3. The van der Waals surface area contributed by atoms with Crippen LogP contribution in [0.2, 0.25) is 0 Å². The predicted molar refractivity (Wildman–Crippen MR) is 45.5 cm³/mol. The van der Waals surface area contributed by atoms with Crippen molar-refractivity contribution < 1.29 is 9.90 Å². The Labute approximate surface area is 72.1 Å². The van der Waals surface area contributed by atoms with Crippen LogP contribution in [0.5, 0.6) is 0 Å². The number of nitrogens with one attached hydrogen (secondary N) is 1. The average Bonchev–Trinajstić information content (AvgIpc) is 2.69. The van der Waals surface area contributed by atoms with Gasteiger partial charge in [0.25, 0.3) is 0 Å². The number of rotatable bonds is 4. The van der Waals surface area contributed by atoms with Crippen LogP contribution in [0, 0.1) is 0 Å². The molecular weight excluding hydrogens is 156 g/mol. The van der Waals surface area contributed by atoms with Crippen molar-refractivity contribution in [1.29, 1.82) is 0 Å². The second-order valence-electron chi connectivity index (χ2n) is 3.54. The smallest absolute Gasteiger partial charge is 0.240 e. The number of carbonyl (C=O) groups is 1. The van der Waals surface area contributed by atoms with Crippen LogP contribution in [0.3, 0.4) is 0 Å². The van der Waals surface area contributed by atoms with E-state index in [9.17, 15) is 4.79 Å². The third-order valence-corrected chi connectivity index (χ3v) is 2.18. The second-order valence-corrected chi connectivity index (χ2v) is 3.54. The highest BCUT2D eigenvalue weighted by Crippen LogP contribution is 2.32. The first-order valence-corrected chi connectivity index (χ1v) is 4.29. The van der Waals surface area contributed by atoms with Crippen molar-refractivity contribution in [2.45, 2.75) is 37.8 Å². The average molecular weight is 172 g/mol. The Kier molecular flexibility index (Phi) is 2.69. The Morgan fingerprint density at radius 1 is 1.75 bits per heavy atom. The zero-order valence-electron chi connectivity index (χ0n) is 7.34. The molecule has 0 aromatic heterocycles. The van der Waals surface area contributed by atoms with Crippen LogP contribution in [0.4, 0.5) is 0 Å². The van der Waals surface area contributed by atoms with Crippen LogP contribution in [0.15, 0.2) is 0 Å². The quantitative estimate of drug-likeness (QED) is 0.528. The molecule has 1 unspecified atom stereocenters. The maximum atomic E-state index is 11.3. The molecule has 1 fully saturated rings. The van der Waals surface area contributed by atoms with Crippen molar-refractivity contribution in [1.82, 2.24) is 5.32 Å². The van der Waals surface area contributed by atoms with Crippen molar-refractivity contribution in [3.8, 4) is 0 Å². The first-order valence-electron chi connectivity index (χ1n) is 4.29. The summed E-state index contributed by atoms with van der Waals surface area (Å²) in [5.74, 6) is -0.0801. The van der Waals surface area contributed by atoms with Crippen LogP contribution in [0.25, 0.3) is 0 Å². The normalized spacial score (nSPS) is 21.6. The molecule has 0 heterocycles. The minimum atomic E-state index is -0.594. The number of aliphatic hydroxyl groups is 1. The molecule has 0 aliphatic heterocycles. The number of amides is 1. The third kappa shape index (κ3) is 2.19. The van der Waals surface area contributed by atoms with Crippen molar-refractivity contribution >= 4 is 5.91 Å². The summed E-state index contributed by atoms with van der Waals surface area (Å²) in [5.41, 5.74) is 5.07. The summed E-state index contributed by atoms with van der Waals surface area (Å²) < 4.78 is 0. The standard InChI is InChI=1S/C8H16N2O2/c1-6(2-5-11)10-7(12)8(9)3-4-8/h6,11H,2-5,9H2,1H3,(H,10,12). The molecule has 1 amide bonds. The summed E-state index contributed by atoms with van der Waals surface area (Å²) in [5, 5.41) is 11.3. The highest BCUT2D eigenvalue weighted by molar-refractivity contribution is 5.89. The number of hydrogen-bond acceptors (Lipinski definition) is 3. The van der Waals surface area contributed by atoms with Gasteiger partial charge in [0.05, 0.1) is 5.54 Å². The van der Waals surface area contributed by atoms with Crippen LogP contribution < -0.4 is 11.1 Å². The van der Waals surface area contributed by atoms with Gasteiger partial charge >= 0.3 is 0 Å². The molecule has 1 rings (SSSR count). The van der Waals surface area contributed by atoms with E-state index in [0.717, 1.165) is 12.8 Å². The van der Waals surface area contributed by atoms with Crippen LogP contribution in [-0.2, 0) is 4.79 Å². The zero-order chi connectivity index (χ0) is 9.19. The van der Waals surface area contributed by atoms with Gasteiger partial charge in [-0.1, -0.05) is 0 Å². The van der Waals surface area contributed by atoms with Crippen LogP contribution in [-0.4, -0.2) is 29.2 Å². The number of carbonyl (C=O) groups excluding carboxylic acids is 1. The molecule has 0 radical (unpaired) electrons. The molecule has 4 nitrogen and oxygen atoms in total. The van der Waals surface area contributed by atoms with Gasteiger partial charge in [-0.2, -0.15) is 0 Å². The van der Waals surface area contributed by atoms with E-state index in [1.54, 1.807) is 0 Å². The van der Waals surface area contributed by atoms with Gasteiger partial charge in [-0.15, -0.1) is 0 Å². The molecule has 4 N–H and O–H groups in total. The Morgan fingerprint density at radius 3 is 2.75 bits per heavy atom. The van der Waals surface area contributed by atoms with Crippen LogP contribution >= 0.6 is 0 Å². The highest BCUT2D eigenvalue weighted by atomic mass is 16.3. The van der Waals surface area contributed by atoms with Crippen molar-refractivity contribution in [3.05, 3.63) is 0 Å². The lowest BCUT2D eigenvalue weighted by atomic mass is 10.2. The van der Waals surface area contributed by atoms with Crippen molar-refractivity contribution in [3.63, 3.8) is 0 Å². The van der Waals surface area contributed by atoms with E-state index >= 15 is 0 Å². The lowest BCUT2D eigenvalue weighted by molar-refractivity contribution is -0.123. The lowest BCUT2D eigenvalue weighted by Crippen LogP contribution is -2.46. The van der Waals surface area contributed by atoms with Gasteiger partial charge < -0.3 is 16.2 Å². The third-order valence-electron chi connectivity index (χ3n) is 2.18. The van der Waals surface area contributed by atoms with E-state index in [1.165, 1.54) is 0 Å². The molecule has 0 spiro atoms. The van der Waals surface area contributed by atoms with E-state index in [1.807, 2.05) is 6.92 Å². The van der Waals surface area contributed by atoms with Gasteiger partial charge in [0.1, 0.15) is 0 Å². The van der Waals surface area contributed by atoms with E-state index in [-0.39, 0.29) is 18.6 Å². The minimum absolute atomic E-state index is 0.0172. The molecule has 70 valence electrons. The molecule has 12 heavy (non-hydrogen) atoms. The Morgan fingerprint density at radius 2 is 2.33 bits per heavy atom. The van der Waals surface area contributed by atoms with Gasteiger partial charge in [0.2, 0.25) is 5.91 Å². The van der Waals surface area contributed by atoms with E-state index in [0.29, 0.717) is 6.42 Å². The highest BCUT2D eigenvalue weighted by Gasteiger charge is 2.46. The molecule has 0 aromatic rings. The molecular formula is C8H16N2O2. The molecule has 1 saturated carbocycles.